The predicted octanol–water partition coefficient (Wildman–Crippen LogP) is 0.627. The Balaban J connectivity index is 2.03. The van der Waals surface area contributed by atoms with Gasteiger partial charge in [0, 0.05) is 32.7 Å². The van der Waals surface area contributed by atoms with Crippen LogP contribution in [0.15, 0.2) is 0 Å². The van der Waals surface area contributed by atoms with Crippen LogP contribution in [-0.4, -0.2) is 59.8 Å². The Morgan fingerprint density at radius 1 is 1.37 bits per heavy atom. The molecule has 19 heavy (non-hydrogen) atoms. The van der Waals surface area contributed by atoms with Gasteiger partial charge in [0.2, 0.25) is 0 Å². The zero-order chi connectivity index (χ0) is 13.8. The molecule has 0 unspecified atom stereocenters. The number of piperazine rings is 1. The van der Waals surface area contributed by atoms with Gasteiger partial charge in [-0.3, -0.25) is 4.90 Å². The number of nitrogens with zero attached hydrogens (tertiary/aromatic N) is 3. The van der Waals surface area contributed by atoms with Crippen LogP contribution in [0.1, 0.15) is 13.8 Å². The van der Waals surface area contributed by atoms with Crippen molar-refractivity contribution in [2.75, 3.05) is 50.0 Å². The molecule has 1 fully saturated rings. The van der Waals surface area contributed by atoms with E-state index in [0.29, 0.717) is 5.82 Å². The molecule has 2 heterocycles. The molecule has 1 aromatic heterocycles. The Morgan fingerprint density at radius 3 is 2.63 bits per heavy atom. The quantitative estimate of drug-likeness (QED) is 0.827. The minimum Gasteiger partial charge on any atom is -0.484 e. The Hall–Kier alpha value is -1.05. The number of nitrogen functional groups attached to an aromatic ring is 1. The summed E-state index contributed by atoms with van der Waals surface area (Å²) in [5.41, 5.74) is 5.88. The first-order valence-corrected chi connectivity index (χ1v) is 7.39. The molecule has 0 aromatic carbocycles. The molecule has 1 aromatic rings. The molecule has 6 nitrogen and oxygen atoms in total. The normalized spacial score (nSPS) is 17.2. The molecular weight excluding hydrogens is 264 g/mol. The van der Waals surface area contributed by atoms with E-state index in [4.69, 9.17) is 15.6 Å². The van der Waals surface area contributed by atoms with Gasteiger partial charge < -0.3 is 20.5 Å². The lowest BCUT2D eigenvalue weighted by Gasteiger charge is -2.35. The summed E-state index contributed by atoms with van der Waals surface area (Å²) in [6.07, 6.45) is 0.0909. The van der Waals surface area contributed by atoms with Gasteiger partial charge >= 0.3 is 0 Å². The minimum atomic E-state index is 0.0909. The van der Waals surface area contributed by atoms with Crippen LogP contribution in [0.2, 0.25) is 0 Å². The standard InChI is InChI=1S/C12H22N4O2S/c1-9(2)18-10-11(13)14-19-12(10)16-5-3-15(4-6-16)7-8-17/h9,17H,3-8H2,1-2H3,(H2,13,14). The van der Waals surface area contributed by atoms with E-state index < -0.39 is 0 Å². The molecule has 1 aliphatic heterocycles. The van der Waals surface area contributed by atoms with Gasteiger partial charge in [0.1, 0.15) is 0 Å². The van der Waals surface area contributed by atoms with Gasteiger partial charge in [-0.2, -0.15) is 4.37 Å². The van der Waals surface area contributed by atoms with Crippen LogP contribution < -0.4 is 15.4 Å². The lowest BCUT2D eigenvalue weighted by molar-refractivity contribution is 0.188. The number of rotatable bonds is 5. The number of aliphatic hydroxyl groups excluding tert-OH is 1. The van der Waals surface area contributed by atoms with Crippen LogP contribution in [0.3, 0.4) is 0 Å². The van der Waals surface area contributed by atoms with Crippen molar-refractivity contribution in [3.05, 3.63) is 0 Å². The number of β-amino-alcohol motifs (C(OH)–C–C–N with tert-alkyl or cyclic N) is 1. The van der Waals surface area contributed by atoms with Crippen molar-refractivity contribution in [3.63, 3.8) is 0 Å². The lowest BCUT2D eigenvalue weighted by Crippen LogP contribution is -2.47. The van der Waals surface area contributed by atoms with Crippen molar-refractivity contribution in [2.45, 2.75) is 20.0 Å². The first kappa shape index (κ1) is 14.4. The average Bonchev–Trinajstić information content (AvgIpc) is 2.72. The first-order chi connectivity index (χ1) is 9.11. The number of anilines is 2. The van der Waals surface area contributed by atoms with Crippen molar-refractivity contribution < 1.29 is 9.84 Å². The first-order valence-electron chi connectivity index (χ1n) is 6.61. The lowest BCUT2D eigenvalue weighted by atomic mass is 10.3. The Labute approximate surface area is 117 Å². The third kappa shape index (κ3) is 3.49. The summed E-state index contributed by atoms with van der Waals surface area (Å²) in [4.78, 5) is 4.52. The second-order valence-electron chi connectivity index (χ2n) is 4.92. The second-order valence-corrected chi connectivity index (χ2v) is 5.67. The zero-order valence-corrected chi connectivity index (χ0v) is 12.3. The van der Waals surface area contributed by atoms with Crippen LogP contribution in [0.5, 0.6) is 5.75 Å². The van der Waals surface area contributed by atoms with Gasteiger partial charge in [-0.05, 0) is 25.4 Å². The molecule has 108 valence electrons. The van der Waals surface area contributed by atoms with Gasteiger partial charge in [0.05, 0.1) is 12.7 Å². The van der Waals surface area contributed by atoms with Crippen molar-refractivity contribution in [2.24, 2.45) is 0 Å². The molecule has 0 bridgehead atoms. The van der Waals surface area contributed by atoms with Crippen molar-refractivity contribution in [1.29, 1.82) is 0 Å². The van der Waals surface area contributed by atoms with E-state index in [0.717, 1.165) is 43.5 Å². The van der Waals surface area contributed by atoms with E-state index in [9.17, 15) is 0 Å². The van der Waals surface area contributed by atoms with Crippen molar-refractivity contribution in [3.8, 4) is 5.75 Å². The van der Waals surface area contributed by atoms with E-state index in [1.807, 2.05) is 13.8 Å². The molecule has 0 spiro atoms. The monoisotopic (exact) mass is 286 g/mol. The van der Waals surface area contributed by atoms with E-state index in [1.54, 1.807) is 0 Å². The summed E-state index contributed by atoms with van der Waals surface area (Å²) < 4.78 is 9.97. The summed E-state index contributed by atoms with van der Waals surface area (Å²) in [5.74, 6) is 1.20. The molecule has 3 N–H and O–H groups in total. The number of nitrogens with two attached hydrogens (primary N) is 1. The largest absolute Gasteiger partial charge is 0.484 e. The van der Waals surface area contributed by atoms with E-state index in [-0.39, 0.29) is 12.7 Å². The summed E-state index contributed by atoms with van der Waals surface area (Å²) in [7, 11) is 0. The highest BCUT2D eigenvalue weighted by atomic mass is 32.1. The van der Waals surface area contributed by atoms with E-state index >= 15 is 0 Å². The fourth-order valence-corrected chi connectivity index (χ4v) is 2.95. The fraction of sp³-hybridized carbons (Fsp3) is 0.750. The summed E-state index contributed by atoms with van der Waals surface area (Å²) >= 11 is 1.40. The van der Waals surface area contributed by atoms with Crippen LogP contribution in [0, 0.1) is 0 Å². The average molecular weight is 286 g/mol. The predicted molar refractivity (Wildman–Crippen MR) is 78.0 cm³/mol. The maximum atomic E-state index is 8.95. The number of aliphatic hydroxyl groups is 1. The molecule has 7 heteroatoms. The second kappa shape index (κ2) is 6.40. The van der Waals surface area contributed by atoms with Crippen molar-refractivity contribution in [1.82, 2.24) is 9.27 Å². The molecule has 0 radical (unpaired) electrons. The smallest absolute Gasteiger partial charge is 0.198 e. The number of ether oxygens (including phenoxy) is 1. The minimum absolute atomic E-state index is 0.0909. The van der Waals surface area contributed by atoms with Crippen LogP contribution >= 0.6 is 11.5 Å². The Kier molecular flexibility index (Phi) is 4.84. The van der Waals surface area contributed by atoms with Crippen LogP contribution in [-0.2, 0) is 0 Å². The highest BCUT2D eigenvalue weighted by Crippen LogP contribution is 2.39. The maximum Gasteiger partial charge on any atom is 0.198 e. The summed E-state index contributed by atoms with van der Waals surface area (Å²) in [6, 6.07) is 0. The van der Waals surface area contributed by atoms with Gasteiger partial charge in [0.15, 0.2) is 16.6 Å². The summed E-state index contributed by atoms with van der Waals surface area (Å²) in [6.45, 7) is 8.65. The van der Waals surface area contributed by atoms with E-state index in [2.05, 4.69) is 14.2 Å². The number of hydrogen-bond donors (Lipinski definition) is 2. The third-order valence-electron chi connectivity index (χ3n) is 3.09. The van der Waals surface area contributed by atoms with Gasteiger partial charge in [-0.25, -0.2) is 0 Å². The number of hydrogen-bond acceptors (Lipinski definition) is 7. The number of aromatic nitrogens is 1. The molecule has 2 rings (SSSR count). The third-order valence-corrected chi connectivity index (χ3v) is 3.99. The highest BCUT2D eigenvalue weighted by Gasteiger charge is 2.23. The summed E-state index contributed by atoms with van der Waals surface area (Å²) in [5, 5.41) is 9.97. The Bertz CT molecular complexity index is 402. The molecule has 1 saturated heterocycles. The van der Waals surface area contributed by atoms with Crippen LogP contribution in [0.25, 0.3) is 0 Å². The zero-order valence-electron chi connectivity index (χ0n) is 11.5. The van der Waals surface area contributed by atoms with E-state index in [1.165, 1.54) is 11.5 Å². The SMILES string of the molecule is CC(C)Oc1c(N)nsc1N1CCN(CCO)CC1. The molecule has 0 amide bonds. The van der Waals surface area contributed by atoms with Gasteiger partial charge in [-0.15, -0.1) is 0 Å². The molecular formula is C12H22N4O2S. The highest BCUT2D eigenvalue weighted by molar-refractivity contribution is 7.11. The maximum absolute atomic E-state index is 8.95. The van der Waals surface area contributed by atoms with Gasteiger partial charge in [-0.1, -0.05) is 0 Å². The molecule has 0 atom stereocenters. The fourth-order valence-electron chi connectivity index (χ4n) is 2.15. The molecule has 0 aliphatic carbocycles. The Morgan fingerprint density at radius 2 is 2.05 bits per heavy atom. The van der Waals surface area contributed by atoms with Crippen molar-refractivity contribution >= 4 is 22.4 Å². The van der Waals surface area contributed by atoms with Gasteiger partial charge in [0.25, 0.3) is 0 Å². The van der Waals surface area contributed by atoms with Crippen LogP contribution in [0.4, 0.5) is 10.8 Å². The molecule has 0 saturated carbocycles. The topological polar surface area (TPSA) is 74.9 Å². The molecule has 1 aliphatic rings.